The Labute approximate surface area is 182 Å². The molecule has 0 saturated carbocycles. The minimum atomic E-state index is -0.357. The number of methoxy groups -OCH3 is 1. The maximum atomic E-state index is 12.6. The number of esters is 1. The van der Waals surface area contributed by atoms with Gasteiger partial charge in [-0.3, -0.25) is 4.79 Å². The summed E-state index contributed by atoms with van der Waals surface area (Å²) in [6, 6.07) is 16.4. The molecule has 3 aromatic rings. The number of rotatable bonds is 7. The Kier molecular flexibility index (Phi) is 6.75. The molecule has 5 heteroatoms. The number of nitrogens with zero attached hydrogens (tertiary/aromatic N) is 1. The quantitative estimate of drug-likeness (QED) is 0.287. The van der Waals surface area contributed by atoms with Gasteiger partial charge in [0, 0.05) is 17.0 Å². The second-order valence-electron chi connectivity index (χ2n) is 7.56. The van der Waals surface area contributed by atoms with Crippen molar-refractivity contribution in [2.45, 2.75) is 33.8 Å². The van der Waals surface area contributed by atoms with Gasteiger partial charge in [0.2, 0.25) is 0 Å². The van der Waals surface area contributed by atoms with E-state index in [0.29, 0.717) is 16.9 Å². The van der Waals surface area contributed by atoms with E-state index in [1.807, 2.05) is 56.5 Å². The molecule has 0 unspecified atom stereocenters. The molecule has 1 aromatic heterocycles. The number of ether oxygens (including phenoxy) is 2. The second kappa shape index (κ2) is 9.47. The number of aryl methyl sites for hydroxylation is 1. The lowest BCUT2D eigenvalue weighted by Gasteiger charge is -2.15. The molecule has 0 aliphatic rings. The number of hydrogen-bond donors (Lipinski definition) is 0. The van der Waals surface area contributed by atoms with Crippen molar-refractivity contribution >= 4 is 17.8 Å². The molecule has 2 aromatic carbocycles. The summed E-state index contributed by atoms with van der Waals surface area (Å²) in [6.07, 6.45) is 3.17. The summed E-state index contributed by atoms with van der Waals surface area (Å²) in [5.74, 6) is 0.261. The first-order valence-electron chi connectivity index (χ1n) is 10.2. The zero-order valence-electron chi connectivity index (χ0n) is 18.5. The van der Waals surface area contributed by atoms with Crippen LogP contribution in [0.5, 0.6) is 5.75 Å². The molecule has 0 bridgehead atoms. The van der Waals surface area contributed by atoms with Crippen LogP contribution in [-0.4, -0.2) is 29.5 Å². The molecule has 5 nitrogen and oxygen atoms in total. The van der Waals surface area contributed by atoms with E-state index in [4.69, 9.17) is 9.47 Å². The van der Waals surface area contributed by atoms with Crippen molar-refractivity contribution in [2.24, 2.45) is 0 Å². The van der Waals surface area contributed by atoms with Crippen molar-refractivity contribution in [3.05, 3.63) is 88.8 Å². The summed E-state index contributed by atoms with van der Waals surface area (Å²) < 4.78 is 12.6. The highest BCUT2D eigenvalue weighted by atomic mass is 16.5. The van der Waals surface area contributed by atoms with Crippen molar-refractivity contribution in [1.29, 1.82) is 0 Å². The lowest BCUT2D eigenvalue weighted by Crippen LogP contribution is -2.15. The number of ketones is 1. The Morgan fingerprint density at radius 1 is 1.00 bits per heavy atom. The summed E-state index contributed by atoms with van der Waals surface area (Å²) in [5.41, 5.74) is 4.64. The molecule has 0 N–H and O–H groups in total. The number of para-hydroxylation sites is 1. The average molecular weight is 418 g/mol. The van der Waals surface area contributed by atoms with Crippen molar-refractivity contribution in [1.82, 2.24) is 4.57 Å². The second-order valence-corrected chi connectivity index (χ2v) is 7.56. The summed E-state index contributed by atoms with van der Waals surface area (Å²) in [6.45, 7) is 7.60. The van der Waals surface area contributed by atoms with Crippen LogP contribution in [-0.2, 0) is 4.74 Å². The number of carbonyl (C=O) groups excluding carboxylic acids is 2. The molecule has 0 amide bonds. The van der Waals surface area contributed by atoms with E-state index in [1.54, 1.807) is 49.6 Å². The minimum Gasteiger partial charge on any atom is -0.497 e. The fourth-order valence-corrected chi connectivity index (χ4v) is 3.46. The Balaban J connectivity index is 1.92. The fraction of sp³-hybridized carbons (Fsp3) is 0.231. The van der Waals surface area contributed by atoms with Crippen LogP contribution < -0.4 is 4.74 Å². The Hall–Kier alpha value is -3.60. The van der Waals surface area contributed by atoms with Gasteiger partial charge in [-0.1, -0.05) is 12.1 Å². The van der Waals surface area contributed by atoms with Gasteiger partial charge in [0.25, 0.3) is 0 Å². The number of allylic oxidation sites excluding steroid dienone is 1. The van der Waals surface area contributed by atoms with Gasteiger partial charge in [0.15, 0.2) is 5.78 Å². The Bertz CT molecular complexity index is 1120. The highest BCUT2D eigenvalue weighted by Crippen LogP contribution is 2.25. The van der Waals surface area contributed by atoms with E-state index >= 15 is 0 Å². The lowest BCUT2D eigenvalue weighted by atomic mass is 10.1. The van der Waals surface area contributed by atoms with Crippen LogP contribution in [0.2, 0.25) is 0 Å². The van der Waals surface area contributed by atoms with Gasteiger partial charge in [-0.25, -0.2) is 4.79 Å². The fourth-order valence-electron chi connectivity index (χ4n) is 3.46. The molecule has 0 radical (unpaired) electrons. The van der Waals surface area contributed by atoms with Crippen LogP contribution in [0.15, 0.2) is 60.7 Å². The smallest absolute Gasteiger partial charge is 0.340 e. The van der Waals surface area contributed by atoms with Gasteiger partial charge >= 0.3 is 5.97 Å². The standard InChI is InChI=1S/C26H27NO4/c1-17(2)31-26(29)23-8-6-7-9-24(23)27-18(3)16-21(19(27)4)12-15-25(28)20-10-13-22(30-5)14-11-20/h6-17H,1-5H3/b15-12+. The Morgan fingerprint density at radius 3 is 2.32 bits per heavy atom. The largest absolute Gasteiger partial charge is 0.497 e. The van der Waals surface area contributed by atoms with Crippen molar-refractivity contribution < 1.29 is 19.1 Å². The van der Waals surface area contributed by atoms with Crippen LogP contribution in [0.4, 0.5) is 0 Å². The molecule has 0 fully saturated rings. The molecule has 1 heterocycles. The molecule has 0 spiro atoms. The zero-order chi connectivity index (χ0) is 22.5. The highest BCUT2D eigenvalue weighted by molar-refractivity contribution is 6.07. The van der Waals surface area contributed by atoms with Gasteiger partial charge in [-0.15, -0.1) is 0 Å². The predicted molar refractivity (Wildman–Crippen MR) is 122 cm³/mol. The van der Waals surface area contributed by atoms with E-state index in [1.165, 1.54) is 0 Å². The van der Waals surface area contributed by atoms with Crippen LogP contribution >= 0.6 is 0 Å². The first kappa shape index (κ1) is 22.1. The summed E-state index contributed by atoms with van der Waals surface area (Å²) in [5, 5.41) is 0. The third-order valence-electron chi connectivity index (χ3n) is 4.97. The monoisotopic (exact) mass is 417 g/mol. The maximum Gasteiger partial charge on any atom is 0.340 e. The predicted octanol–water partition coefficient (Wildman–Crippen LogP) is 5.56. The SMILES string of the molecule is COc1ccc(C(=O)/C=C/c2cc(C)n(-c3ccccc3C(=O)OC(C)C)c2C)cc1. The minimum absolute atomic E-state index is 0.0895. The van der Waals surface area contributed by atoms with Crippen LogP contribution in [0, 0.1) is 13.8 Å². The topological polar surface area (TPSA) is 57.5 Å². The number of hydrogen-bond acceptors (Lipinski definition) is 4. The third kappa shape index (κ3) is 4.94. The Morgan fingerprint density at radius 2 is 1.68 bits per heavy atom. The highest BCUT2D eigenvalue weighted by Gasteiger charge is 2.18. The van der Waals surface area contributed by atoms with E-state index in [-0.39, 0.29) is 17.9 Å². The van der Waals surface area contributed by atoms with Gasteiger partial charge in [0.1, 0.15) is 5.75 Å². The zero-order valence-corrected chi connectivity index (χ0v) is 18.5. The molecule has 160 valence electrons. The van der Waals surface area contributed by atoms with Gasteiger partial charge in [-0.05, 0) is 87.9 Å². The summed E-state index contributed by atoms with van der Waals surface area (Å²) in [7, 11) is 1.59. The van der Waals surface area contributed by atoms with E-state index in [2.05, 4.69) is 0 Å². The molecule has 0 saturated heterocycles. The number of carbonyl (C=O) groups is 2. The molecule has 31 heavy (non-hydrogen) atoms. The maximum absolute atomic E-state index is 12.6. The lowest BCUT2D eigenvalue weighted by molar-refractivity contribution is 0.0378. The van der Waals surface area contributed by atoms with Crippen molar-refractivity contribution in [3.63, 3.8) is 0 Å². The molecule has 0 aliphatic carbocycles. The number of aromatic nitrogens is 1. The van der Waals surface area contributed by atoms with E-state index in [0.717, 1.165) is 22.6 Å². The van der Waals surface area contributed by atoms with Crippen molar-refractivity contribution in [2.75, 3.05) is 7.11 Å². The summed E-state index contributed by atoms with van der Waals surface area (Å²) in [4.78, 5) is 25.1. The van der Waals surface area contributed by atoms with Gasteiger partial charge in [-0.2, -0.15) is 0 Å². The van der Waals surface area contributed by atoms with Crippen LogP contribution in [0.25, 0.3) is 11.8 Å². The molecule has 3 rings (SSSR count). The summed E-state index contributed by atoms with van der Waals surface area (Å²) >= 11 is 0. The first-order valence-corrected chi connectivity index (χ1v) is 10.2. The molecular formula is C26H27NO4. The van der Waals surface area contributed by atoms with E-state index < -0.39 is 0 Å². The molecular weight excluding hydrogens is 390 g/mol. The van der Waals surface area contributed by atoms with Gasteiger partial charge in [0.05, 0.1) is 24.5 Å². The number of benzene rings is 2. The average Bonchev–Trinajstić information content (AvgIpc) is 3.04. The molecule has 0 atom stereocenters. The van der Waals surface area contributed by atoms with Crippen LogP contribution in [0.1, 0.15) is 51.5 Å². The molecule has 0 aliphatic heterocycles. The normalized spacial score (nSPS) is 11.2. The first-order chi connectivity index (χ1) is 14.8. The third-order valence-corrected chi connectivity index (χ3v) is 4.97. The van der Waals surface area contributed by atoms with Crippen molar-refractivity contribution in [3.8, 4) is 11.4 Å². The van der Waals surface area contributed by atoms with E-state index in [9.17, 15) is 9.59 Å². The van der Waals surface area contributed by atoms with Gasteiger partial charge < -0.3 is 14.0 Å². The van der Waals surface area contributed by atoms with Crippen LogP contribution in [0.3, 0.4) is 0 Å².